The molecule has 1 aliphatic rings. The van der Waals surface area contributed by atoms with Gasteiger partial charge in [0, 0.05) is 22.1 Å². The van der Waals surface area contributed by atoms with Gasteiger partial charge in [0.15, 0.2) is 0 Å². The largest absolute Gasteiger partial charge is 0.475 e. The molecule has 12 heteroatoms. The number of nitrogens with zero attached hydrogens (tertiary/aromatic N) is 1. The molecule has 1 heterocycles. The van der Waals surface area contributed by atoms with Crippen molar-refractivity contribution in [3.8, 4) is 5.75 Å². The summed E-state index contributed by atoms with van der Waals surface area (Å²) >= 11 is 7.47. The Morgan fingerprint density at radius 1 is 1.26 bits per heavy atom. The molecule has 31 heavy (non-hydrogen) atoms. The lowest BCUT2D eigenvalue weighted by Gasteiger charge is -2.30. The van der Waals surface area contributed by atoms with Crippen molar-refractivity contribution in [2.75, 3.05) is 24.7 Å². The van der Waals surface area contributed by atoms with E-state index in [9.17, 15) is 28.1 Å². The van der Waals surface area contributed by atoms with Gasteiger partial charge in [0.25, 0.3) is 5.09 Å². The molecule has 0 fully saturated rings. The van der Waals surface area contributed by atoms with Crippen LogP contribution in [0.2, 0.25) is 5.02 Å². The van der Waals surface area contributed by atoms with E-state index >= 15 is 0 Å². The number of esters is 1. The van der Waals surface area contributed by atoms with E-state index < -0.39 is 34.3 Å². The Balaban J connectivity index is 2.14. The number of halogens is 4. The number of hydrogen-bond donors (Lipinski definition) is 0. The van der Waals surface area contributed by atoms with Crippen LogP contribution in [-0.4, -0.2) is 48.1 Å². The van der Waals surface area contributed by atoms with Gasteiger partial charge in [0.05, 0.1) is 5.57 Å². The zero-order chi connectivity index (χ0) is 23.4. The van der Waals surface area contributed by atoms with Crippen molar-refractivity contribution in [2.45, 2.75) is 38.5 Å². The van der Waals surface area contributed by atoms with E-state index in [2.05, 4.69) is 4.84 Å². The monoisotopic (exact) mass is 483 g/mol. The van der Waals surface area contributed by atoms with Crippen molar-refractivity contribution in [3.63, 3.8) is 0 Å². The van der Waals surface area contributed by atoms with Crippen LogP contribution < -0.4 is 4.74 Å². The summed E-state index contributed by atoms with van der Waals surface area (Å²) in [7, 11) is 0. The Morgan fingerprint density at radius 2 is 1.90 bits per heavy atom. The van der Waals surface area contributed by atoms with Gasteiger partial charge >= 0.3 is 12.1 Å². The van der Waals surface area contributed by atoms with Gasteiger partial charge in [-0.25, -0.2) is 4.79 Å². The lowest BCUT2D eigenvalue weighted by molar-refractivity contribution is -0.756. The molecule has 2 rings (SSSR count). The second-order valence-electron chi connectivity index (χ2n) is 7.56. The van der Waals surface area contributed by atoms with Crippen LogP contribution in [0, 0.1) is 10.1 Å². The molecule has 0 bridgehead atoms. The number of alkyl halides is 3. The fourth-order valence-electron chi connectivity index (χ4n) is 2.75. The SMILES string of the molecule is CC(C)(C)c1cc2c(cc1Cl)C=C(C(=O)OCCSCCO[N+](=O)[O-])C(C(F)(F)F)O2. The Bertz CT molecular complexity index is 869. The molecule has 0 N–H and O–H groups in total. The zero-order valence-corrected chi connectivity index (χ0v) is 18.5. The van der Waals surface area contributed by atoms with E-state index in [0.717, 1.165) is 6.08 Å². The summed E-state index contributed by atoms with van der Waals surface area (Å²) in [6.07, 6.45) is -6.23. The van der Waals surface area contributed by atoms with Gasteiger partial charge in [-0.05, 0) is 29.2 Å². The molecule has 7 nitrogen and oxygen atoms in total. The third kappa shape index (κ3) is 6.93. The summed E-state index contributed by atoms with van der Waals surface area (Å²) in [4.78, 5) is 26.5. The maximum Gasteiger partial charge on any atom is 0.430 e. The normalized spacial score (nSPS) is 16.1. The first-order valence-electron chi connectivity index (χ1n) is 9.12. The van der Waals surface area contributed by atoms with Crippen LogP contribution in [0.5, 0.6) is 5.75 Å². The van der Waals surface area contributed by atoms with Gasteiger partial charge in [-0.3, -0.25) is 0 Å². The molecule has 1 aliphatic heterocycles. The average molecular weight is 484 g/mol. The molecule has 0 aliphatic carbocycles. The highest BCUT2D eigenvalue weighted by atomic mass is 35.5. The molecule has 0 saturated heterocycles. The zero-order valence-electron chi connectivity index (χ0n) is 17.0. The number of benzene rings is 1. The maximum absolute atomic E-state index is 13.6. The van der Waals surface area contributed by atoms with Gasteiger partial charge in [-0.1, -0.05) is 32.4 Å². The first-order chi connectivity index (χ1) is 14.3. The van der Waals surface area contributed by atoms with Crippen molar-refractivity contribution in [2.24, 2.45) is 0 Å². The highest BCUT2D eigenvalue weighted by molar-refractivity contribution is 7.99. The van der Waals surface area contributed by atoms with Crippen LogP contribution in [0.3, 0.4) is 0 Å². The molecule has 1 aromatic rings. The molecule has 172 valence electrons. The van der Waals surface area contributed by atoms with Gasteiger partial charge in [0.1, 0.15) is 19.0 Å². The fraction of sp³-hybridized carbons (Fsp3) is 0.526. The van der Waals surface area contributed by atoms with Crippen LogP contribution in [0.4, 0.5) is 13.2 Å². The minimum absolute atomic E-state index is 0.0189. The fourth-order valence-corrected chi connectivity index (χ4v) is 3.80. The minimum Gasteiger partial charge on any atom is -0.475 e. The molecular weight excluding hydrogens is 463 g/mol. The van der Waals surface area contributed by atoms with E-state index in [4.69, 9.17) is 21.1 Å². The van der Waals surface area contributed by atoms with Crippen molar-refractivity contribution in [1.82, 2.24) is 0 Å². The summed E-state index contributed by atoms with van der Waals surface area (Å²) < 4.78 is 50.8. The van der Waals surface area contributed by atoms with Gasteiger partial charge in [-0.2, -0.15) is 24.9 Å². The number of rotatable bonds is 8. The van der Waals surface area contributed by atoms with Gasteiger partial charge < -0.3 is 14.3 Å². The van der Waals surface area contributed by atoms with Gasteiger partial charge in [0.2, 0.25) is 6.10 Å². The number of hydrogen-bond acceptors (Lipinski definition) is 7. The summed E-state index contributed by atoms with van der Waals surface area (Å²) in [5, 5.41) is 9.44. The summed E-state index contributed by atoms with van der Waals surface area (Å²) in [5.41, 5.74) is -0.238. The molecule has 0 saturated carbocycles. The molecule has 0 aromatic heterocycles. The van der Waals surface area contributed by atoms with E-state index in [0.29, 0.717) is 10.6 Å². The van der Waals surface area contributed by atoms with Crippen LogP contribution in [0.15, 0.2) is 17.7 Å². The molecule has 0 amide bonds. The van der Waals surface area contributed by atoms with Crippen molar-refractivity contribution < 1.29 is 37.4 Å². The minimum atomic E-state index is -4.83. The average Bonchev–Trinajstić information content (AvgIpc) is 2.63. The van der Waals surface area contributed by atoms with Crippen molar-refractivity contribution in [1.29, 1.82) is 0 Å². The van der Waals surface area contributed by atoms with Crippen LogP contribution >= 0.6 is 23.4 Å². The Morgan fingerprint density at radius 3 is 2.48 bits per heavy atom. The number of fused-ring (bicyclic) bond motifs is 1. The predicted octanol–water partition coefficient (Wildman–Crippen LogP) is 4.83. The number of ether oxygens (including phenoxy) is 2. The Labute approximate surface area is 186 Å². The highest BCUT2D eigenvalue weighted by Gasteiger charge is 2.49. The van der Waals surface area contributed by atoms with Gasteiger partial charge in [-0.15, -0.1) is 10.1 Å². The first kappa shape index (κ1) is 25.1. The number of carbonyl (C=O) groups excluding carboxylic acids is 1. The molecular formula is C19H21ClF3NO6S. The lowest BCUT2D eigenvalue weighted by atomic mass is 9.85. The third-order valence-corrected chi connectivity index (χ3v) is 5.39. The van der Waals surface area contributed by atoms with E-state index in [1.807, 2.05) is 20.8 Å². The summed E-state index contributed by atoms with van der Waals surface area (Å²) in [6.45, 7) is 5.27. The maximum atomic E-state index is 13.6. The smallest absolute Gasteiger partial charge is 0.430 e. The number of carbonyl (C=O) groups is 1. The van der Waals surface area contributed by atoms with E-state index in [-0.39, 0.29) is 36.0 Å². The molecule has 0 spiro atoms. The highest BCUT2D eigenvalue weighted by Crippen LogP contribution is 2.42. The second-order valence-corrected chi connectivity index (χ2v) is 9.20. The predicted molar refractivity (Wildman–Crippen MR) is 110 cm³/mol. The molecule has 1 aromatic carbocycles. The van der Waals surface area contributed by atoms with Crippen molar-refractivity contribution >= 4 is 35.4 Å². The quantitative estimate of drug-likeness (QED) is 0.226. The standard InChI is InChI=1S/C19H21ClF3NO6S/c1-18(2,3)13-10-15-11(9-14(13)20)8-12(16(30-15)19(21,22)23)17(25)28-4-6-31-7-5-29-24(26)27/h8-10,16H,4-7H2,1-3H3. The molecule has 1 unspecified atom stereocenters. The van der Waals surface area contributed by atoms with Crippen LogP contribution in [0.1, 0.15) is 31.9 Å². The molecule has 1 atom stereocenters. The lowest BCUT2D eigenvalue weighted by Crippen LogP contribution is -2.41. The van der Waals surface area contributed by atoms with Crippen molar-refractivity contribution in [3.05, 3.63) is 44.0 Å². The van der Waals surface area contributed by atoms with E-state index in [1.54, 1.807) is 0 Å². The Hall–Kier alpha value is -2.14. The second kappa shape index (κ2) is 9.99. The summed E-state index contributed by atoms with van der Waals surface area (Å²) in [5.74, 6) is -0.687. The number of thioether (sulfide) groups is 1. The summed E-state index contributed by atoms with van der Waals surface area (Å²) in [6, 6.07) is 2.92. The van der Waals surface area contributed by atoms with Crippen LogP contribution in [0.25, 0.3) is 6.08 Å². The first-order valence-corrected chi connectivity index (χ1v) is 10.6. The topological polar surface area (TPSA) is 87.9 Å². The third-order valence-electron chi connectivity index (χ3n) is 4.16. The molecule has 0 radical (unpaired) electrons. The van der Waals surface area contributed by atoms with Crippen LogP contribution in [-0.2, 0) is 19.8 Å². The van der Waals surface area contributed by atoms with E-state index in [1.165, 1.54) is 23.9 Å². The Kier molecular flexibility index (Phi) is 8.09.